The lowest BCUT2D eigenvalue weighted by Gasteiger charge is -1.99. The molecule has 0 radical (unpaired) electrons. The van der Waals surface area contributed by atoms with Crippen LogP contribution >= 0.6 is 0 Å². The maximum absolute atomic E-state index is 8.63. The van der Waals surface area contributed by atoms with Crippen LogP contribution in [0.25, 0.3) is 0 Å². The molecule has 1 fully saturated rings. The number of epoxide rings is 1. The minimum Gasteiger partial charge on any atom is -0.366 e. The van der Waals surface area contributed by atoms with E-state index in [1.807, 2.05) is 6.92 Å². The largest absolute Gasteiger partial charge is 0.366 e. The first-order valence-corrected chi connectivity index (χ1v) is 2.84. The summed E-state index contributed by atoms with van der Waals surface area (Å²) in [5.74, 6) is 0. The molecule has 3 heteroatoms. The number of nitrogens with two attached hydrogens (primary N) is 1. The van der Waals surface area contributed by atoms with Crippen molar-refractivity contribution in [2.75, 3.05) is 0 Å². The minimum absolute atomic E-state index is 0.0185. The monoisotopic (exact) mass is 117 g/mol. The standard InChI is InChI=1S/C5H11NO2/c1-2-3(6)4-5(7)8-4/h3-5,7H,2,6H2,1H3/t3-,4?,5?/m0/s1. The molecule has 0 aromatic carbocycles. The highest BCUT2D eigenvalue weighted by atomic mass is 16.7. The van der Waals surface area contributed by atoms with E-state index in [1.54, 1.807) is 0 Å². The van der Waals surface area contributed by atoms with Gasteiger partial charge in [0.25, 0.3) is 0 Å². The summed E-state index contributed by atoms with van der Waals surface area (Å²) in [6.45, 7) is 1.97. The van der Waals surface area contributed by atoms with E-state index >= 15 is 0 Å². The first-order valence-electron chi connectivity index (χ1n) is 2.84. The summed E-state index contributed by atoms with van der Waals surface area (Å²) in [4.78, 5) is 0. The third-order valence-corrected chi connectivity index (χ3v) is 1.39. The summed E-state index contributed by atoms with van der Waals surface area (Å²) in [5.41, 5.74) is 5.48. The molecule has 0 spiro atoms. The SMILES string of the molecule is CC[C@H](N)C1OC1O. The predicted octanol–water partition coefficient (Wildman–Crippen LogP) is -0.559. The average molecular weight is 117 g/mol. The summed E-state index contributed by atoms with van der Waals surface area (Å²) in [6.07, 6.45) is 0.201. The van der Waals surface area contributed by atoms with Gasteiger partial charge >= 0.3 is 0 Å². The van der Waals surface area contributed by atoms with E-state index in [2.05, 4.69) is 0 Å². The van der Waals surface area contributed by atoms with E-state index in [1.165, 1.54) is 0 Å². The molecule has 3 N–H and O–H groups in total. The molecule has 8 heavy (non-hydrogen) atoms. The van der Waals surface area contributed by atoms with Crippen molar-refractivity contribution in [3.8, 4) is 0 Å². The molecule has 3 nitrogen and oxygen atoms in total. The van der Waals surface area contributed by atoms with E-state index < -0.39 is 6.29 Å². The molecule has 1 heterocycles. The van der Waals surface area contributed by atoms with Gasteiger partial charge in [-0.15, -0.1) is 0 Å². The summed E-state index contributed by atoms with van der Waals surface area (Å²) in [7, 11) is 0. The molecule has 0 bridgehead atoms. The molecule has 3 atom stereocenters. The van der Waals surface area contributed by atoms with Crippen LogP contribution in [-0.4, -0.2) is 23.5 Å². The normalized spacial score (nSPS) is 39.4. The van der Waals surface area contributed by atoms with Gasteiger partial charge in [0.05, 0.1) is 0 Å². The third-order valence-electron chi connectivity index (χ3n) is 1.39. The summed E-state index contributed by atoms with van der Waals surface area (Å²) < 4.78 is 4.70. The lowest BCUT2D eigenvalue weighted by Crippen LogP contribution is -2.26. The fraction of sp³-hybridized carbons (Fsp3) is 1.00. The molecule has 1 aliphatic heterocycles. The average Bonchev–Trinajstić information content (AvgIpc) is 2.45. The van der Waals surface area contributed by atoms with Crippen molar-refractivity contribution in [3.63, 3.8) is 0 Å². The van der Waals surface area contributed by atoms with Gasteiger partial charge in [0.2, 0.25) is 0 Å². The summed E-state index contributed by atoms with van der Waals surface area (Å²) in [5, 5.41) is 8.63. The fourth-order valence-electron chi connectivity index (χ4n) is 0.660. The topological polar surface area (TPSA) is 58.8 Å². The maximum Gasteiger partial charge on any atom is 0.183 e. The summed E-state index contributed by atoms with van der Waals surface area (Å²) >= 11 is 0. The molecule has 0 aliphatic carbocycles. The van der Waals surface area contributed by atoms with E-state index in [4.69, 9.17) is 15.6 Å². The number of ether oxygens (including phenoxy) is 1. The summed E-state index contributed by atoms with van der Waals surface area (Å²) in [6, 6.07) is 0.0185. The van der Waals surface area contributed by atoms with Gasteiger partial charge in [-0.3, -0.25) is 0 Å². The molecule has 0 saturated carbocycles. The Morgan fingerprint density at radius 3 is 2.50 bits per heavy atom. The van der Waals surface area contributed by atoms with E-state index in [0.717, 1.165) is 6.42 Å². The molecule has 1 saturated heterocycles. The Balaban J connectivity index is 2.18. The molecule has 0 aromatic heterocycles. The van der Waals surface area contributed by atoms with Gasteiger partial charge < -0.3 is 15.6 Å². The van der Waals surface area contributed by atoms with Crippen LogP contribution in [0.4, 0.5) is 0 Å². The highest BCUT2D eigenvalue weighted by Gasteiger charge is 2.40. The van der Waals surface area contributed by atoms with Crippen LogP contribution in [0.2, 0.25) is 0 Å². The van der Waals surface area contributed by atoms with Crippen molar-refractivity contribution in [3.05, 3.63) is 0 Å². The second kappa shape index (κ2) is 2.01. The Bertz CT molecular complexity index is 84.5. The Morgan fingerprint density at radius 2 is 2.38 bits per heavy atom. The van der Waals surface area contributed by atoms with Crippen LogP contribution in [-0.2, 0) is 4.74 Å². The molecule has 2 unspecified atom stereocenters. The fourth-order valence-corrected chi connectivity index (χ4v) is 0.660. The molecule has 0 amide bonds. The minimum atomic E-state index is -0.579. The first kappa shape index (κ1) is 6.01. The second-order valence-electron chi connectivity index (χ2n) is 2.06. The van der Waals surface area contributed by atoms with Gasteiger partial charge in [0, 0.05) is 6.04 Å². The molecule has 1 aliphatic rings. The van der Waals surface area contributed by atoms with Crippen molar-refractivity contribution in [2.45, 2.75) is 31.8 Å². The number of aliphatic hydroxyl groups is 1. The van der Waals surface area contributed by atoms with Crippen LogP contribution in [0, 0.1) is 0 Å². The Hall–Kier alpha value is -0.120. The van der Waals surface area contributed by atoms with Gasteiger partial charge in [-0.05, 0) is 6.42 Å². The van der Waals surface area contributed by atoms with Crippen molar-refractivity contribution in [1.82, 2.24) is 0 Å². The van der Waals surface area contributed by atoms with E-state index in [9.17, 15) is 0 Å². The first-order chi connectivity index (χ1) is 3.75. The smallest absolute Gasteiger partial charge is 0.183 e. The third kappa shape index (κ3) is 0.992. The van der Waals surface area contributed by atoms with Crippen molar-refractivity contribution in [2.24, 2.45) is 5.73 Å². The zero-order chi connectivity index (χ0) is 6.15. The number of rotatable bonds is 2. The van der Waals surface area contributed by atoms with Crippen LogP contribution in [0.15, 0.2) is 0 Å². The second-order valence-corrected chi connectivity index (χ2v) is 2.06. The Kier molecular flexibility index (Phi) is 1.51. The van der Waals surface area contributed by atoms with Gasteiger partial charge in [-0.2, -0.15) is 0 Å². The lowest BCUT2D eigenvalue weighted by molar-refractivity contribution is 0.155. The van der Waals surface area contributed by atoms with Crippen LogP contribution < -0.4 is 5.73 Å². The maximum atomic E-state index is 8.63. The quantitative estimate of drug-likeness (QED) is 0.477. The number of hydrogen-bond donors (Lipinski definition) is 2. The lowest BCUT2D eigenvalue weighted by atomic mass is 10.2. The van der Waals surface area contributed by atoms with E-state index in [0.29, 0.717) is 0 Å². The predicted molar refractivity (Wildman–Crippen MR) is 29.1 cm³/mol. The zero-order valence-corrected chi connectivity index (χ0v) is 4.87. The van der Waals surface area contributed by atoms with Crippen molar-refractivity contribution in [1.29, 1.82) is 0 Å². The van der Waals surface area contributed by atoms with Crippen molar-refractivity contribution < 1.29 is 9.84 Å². The molecule has 0 aromatic rings. The Morgan fingerprint density at radius 1 is 1.88 bits per heavy atom. The van der Waals surface area contributed by atoms with Crippen LogP contribution in [0.1, 0.15) is 13.3 Å². The number of aliphatic hydroxyl groups excluding tert-OH is 1. The van der Waals surface area contributed by atoms with Crippen molar-refractivity contribution >= 4 is 0 Å². The highest BCUT2D eigenvalue weighted by molar-refractivity contribution is 4.84. The molecule has 1 rings (SSSR count). The Labute approximate surface area is 48.4 Å². The number of hydrogen-bond acceptors (Lipinski definition) is 3. The molecule has 48 valence electrons. The molecular formula is C5H11NO2. The van der Waals surface area contributed by atoms with Gasteiger partial charge in [0.1, 0.15) is 6.10 Å². The van der Waals surface area contributed by atoms with Gasteiger partial charge in [0.15, 0.2) is 6.29 Å². The van der Waals surface area contributed by atoms with Gasteiger partial charge in [-0.1, -0.05) is 6.92 Å². The van der Waals surface area contributed by atoms with E-state index in [-0.39, 0.29) is 12.1 Å². The zero-order valence-electron chi connectivity index (χ0n) is 4.87. The molecular weight excluding hydrogens is 106 g/mol. The highest BCUT2D eigenvalue weighted by Crippen LogP contribution is 2.22. The van der Waals surface area contributed by atoms with Gasteiger partial charge in [-0.25, -0.2) is 0 Å². The van der Waals surface area contributed by atoms with Crippen LogP contribution in [0.3, 0.4) is 0 Å². The van der Waals surface area contributed by atoms with Crippen LogP contribution in [0.5, 0.6) is 0 Å².